The number of halogens is 1. The number of rotatable bonds is 1. The lowest BCUT2D eigenvalue weighted by molar-refractivity contribution is 0.315. The fraction of sp³-hybridized carbons (Fsp3) is 0.333. The third kappa shape index (κ3) is 5.23. The minimum Gasteiger partial charge on any atom is -0.411 e. The largest absolute Gasteiger partial charge is 0.411 e. The van der Waals surface area contributed by atoms with E-state index in [1.165, 1.54) is 6.92 Å². The van der Waals surface area contributed by atoms with E-state index in [1.54, 1.807) is 0 Å². The van der Waals surface area contributed by atoms with Crippen molar-refractivity contribution in [3.63, 3.8) is 0 Å². The summed E-state index contributed by atoms with van der Waals surface area (Å²) in [5.74, 6) is 0. The van der Waals surface area contributed by atoms with E-state index in [0.717, 1.165) is 6.21 Å². The topological polar surface area (TPSA) is 65.2 Å². The third-order valence-electron chi connectivity index (χ3n) is 0.402. The van der Waals surface area contributed by atoms with Crippen molar-refractivity contribution in [2.45, 2.75) is 6.92 Å². The van der Waals surface area contributed by atoms with Crippen molar-refractivity contribution in [1.82, 2.24) is 0 Å². The summed E-state index contributed by atoms with van der Waals surface area (Å²) in [5, 5.41) is 20.9. The molecule has 0 aliphatic carbocycles. The zero-order chi connectivity index (χ0) is 5.70. The zero-order valence-corrected chi connectivity index (χ0v) is 5.09. The molecule has 5 heteroatoms. The van der Waals surface area contributed by atoms with Gasteiger partial charge in [-0.3, -0.25) is 0 Å². The third-order valence-corrected chi connectivity index (χ3v) is 0.402. The molecule has 8 heavy (non-hydrogen) atoms. The van der Waals surface area contributed by atoms with Crippen LogP contribution in [0.15, 0.2) is 10.3 Å². The van der Waals surface area contributed by atoms with Gasteiger partial charge in [0, 0.05) is 0 Å². The molecule has 2 N–H and O–H groups in total. The molecule has 0 rings (SSSR count). The molecule has 4 nitrogen and oxygen atoms in total. The zero-order valence-electron chi connectivity index (χ0n) is 4.27. The number of nitrogens with zero attached hydrogens (tertiary/aromatic N) is 2. The van der Waals surface area contributed by atoms with Gasteiger partial charge in [-0.05, 0) is 6.92 Å². The highest BCUT2D eigenvalue weighted by Crippen LogP contribution is 1.64. The Labute approximate surface area is 52.9 Å². The summed E-state index contributed by atoms with van der Waals surface area (Å²) in [6, 6.07) is 0. The van der Waals surface area contributed by atoms with Gasteiger partial charge >= 0.3 is 0 Å². The van der Waals surface area contributed by atoms with Crippen LogP contribution in [-0.4, -0.2) is 22.3 Å². The van der Waals surface area contributed by atoms with Gasteiger partial charge in [0.1, 0.15) is 0 Å². The molecule has 0 aromatic carbocycles. The molecular weight excluding hydrogens is 131 g/mol. The first-order valence-electron chi connectivity index (χ1n) is 1.67. The minimum absolute atomic E-state index is 0. The van der Waals surface area contributed by atoms with Crippen LogP contribution < -0.4 is 0 Å². The van der Waals surface area contributed by atoms with Crippen molar-refractivity contribution in [2.75, 3.05) is 0 Å². The second kappa shape index (κ2) is 6.23. The Morgan fingerprint density at radius 2 is 2.00 bits per heavy atom. The average Bonchev–Trinajstić information content (AvgIpc) is 1.68. The number of hydrogen-bond donors (Lipinski definition) is 2. The Morgan fingerprint density at radius 3 is 2.12 bits per heavy atom. The molecule has 0 spiro atoms. The molecule has 0 fully saturated rings. The van der Waals surface area contributed by atoms with Gasteiger partial charge in [-0.25, -0.2) is 0 Å². The Balaban J connectivity index is 0. The summed E-state index contributed by atoms with van der Waals surface area (Å²) in [6.07, 6.45) is 1.03. The maximum Gasteiger partial charge on any atom is 0.0980 e. The van der Waals surface area contributed by atoms with Crippen LogP contribution in [0, 0.1) is 0 Å². The van der Waals surface area contributed by atoms with Gasteiger partial charge in [-0.2, -0.15) is 0 Å². The highest BCUT2D eigenvalue weighted by molar-refractivity contribution is 6.28. The molecule has 0 saturated carbocycles. The Morgan fingerprint density at radius 1 is 1.50 bits per heavy atom. The predicted octanol–water partition coefficient (Wildman–Crippen LogP) is 0.718. The quantitative estimate of drug-likeness (QED) is 0.319. The van der Waals surface area contributed by atoms with E-state index in [0.29, 0.717) is 0 Å². The Kier molecular flexibility index (Phi) is 7.99. The number of oxime groups is 2. The molecule has 0 atom stereocenters. The summed E-state index contributed by atoms with van der Waals surface area (Å²) in [4.78, 5) is 0. The molecule has 0 aliphatic rings. The summed E-state index contributed by atoms with van der Waals surface area (Å²) >= 11 is 0. The maximum absolute atomic E-state index is 7.85. The molecule has 0 radical (unpaired) electrons. The summed E-state index contributed by atoms with van der Waals surface area (Å²) in [7, 11) is 0. The van der Waals surface area contributed by atoms with Crippen molar-refractivity contribution < 1.29 is 10.4 Å². The molecule has 0 unspecified atom stereocenters. The van der Waals surface area contributed by atoms with Crippen LogP contribution in [0.3, 0.4) is 0 Å². The van der Waals surface area contributed by atoms with Crippen LogP contribution in [0.25, 0.3) is 0 Å². The highest BCUT2D eigenvalue weighted by Gasteiger charge is 1.77. The van der Waals surface area contributed by atoms with Gasteiger partial charge in [0.2, 0.25) is 0 Å². The molecule has 0 saturated heterocycles. The fourth-order valence-electron chi connectivity index (χ4n) is 0.109. The van der Waals surface area contributed by atoms with Gasteiger partial charge in [0.15, 0.2) is 0 Å². The number of hydrogen-bond acceptors (Lipinski definition) is 4. The van der Waals surface area contributed by atoms with Crippen LogP contribution >= 0.6 is 12.4 Å². The maximum atomic E-state index is 7.85. The normalized spacial score (nSPS) is 11.4. The van der Waals surface area contributed by atoms with Crippen molar-refractivity contribution >= 4 is 24.3 Å². The van der Waals surface area contributed by atoms with Crippen molar-refractivity contribution in [2.24, 2.45) is 10.3 Å². The smallest absolute Gasteiger partial charge is 0.0980 e. The molecule has 48 valence electrons. The summed E-state index contributed by atoms with van der Waals surface area (Å²) in [5.41, 5.74) is 0.266. The van der Waals surface area contributed by atoms with Gasteiger partial charge in [-0.1, -0.05) is 10.3 Å². The molecule has 0 aromatic rings. The van der Waals surface area contributed by atoms with E-state index in [4.69, 9.17) is 10.4 Å². The minimum atomic E-state index is 0. The van der Waals surface area contributed by atoms with Crippen LogP contribution in [0.1, 0.15) is 6.92 Å². The van der Waals surface area contributed by atoms with Gasteiger partial charge in [0.05, 0.1) is 11.9 Å². The lowest BCUT2D eigenvalue weighted by atomic mass is 10.5. The molecule has 0 amide bonds. The van der Waals surface area contributed by atoms with Crippen molar-refractivity contribution in [3.8, 4) is 0 Å². The van der Waals surface area contributed by atoms with Crippen molar-refractivity contribution in [1.29, 1.82) is 0 Å². The predicted molar refractivity (Wildman–Crippen MR) is 32.4 cm³/mol. The fourth-order valence-corrected chi connectivity index (χ4v) is 0.109. The first-order valence-corrected chi connectivity index (χ1v) is 1.67. The van der Waals surface area contributed by atoms with Gasteiger partial charge in [0.25, 0.3) is 0 Å². The van der Waals surface area contributed by atoms with E-state index < -0.39 is 0 Å². The first-order chi connectivity index (χ1) is 3.31. The van der Waals surface area contributed by atoms with Gasteiger partial charge in [-0.15, -0.1) is 12.4 Å². The van der Waals surface area contributed by atoms with Crippen LogP contribution in [0.4, 0.5) is 0 Å². The van der Waals surface area contributed by atoms with Crippen LogP contribution in [0.5, 0.6) is 0 Å². The van der Waals surface area contributed by atoms with Crippen LogP contribution in [0.2, 0.25) is 0 Å². The average molecular weight is 139 g/mol. The van der Waals surface area contributed by atoms with E-state index in [1.807, 2.05) is 0 Å². The summed E-state index contributed by atoms with van der Waals surface area (Å²) < 4.78 is 0. The lowest BCUT2D eigenvalue weighted by Gasteiger charge is -1.76. The molecule has 0 bridgehead atoms. The van der Waals surface area contributed by atoms with E-state index in [2.05, 4.69) is 10.3 Å². The Hall–Kier alpha value is -0.770. The van der Waals surface area contributed by atoms with Crippen LogP contribution in [-0.2, 0) is 0 Å². The molecule has 0 aromatic heterocycles. The molecule has 0 aliphatic heterocycles. The van der Waals surface area contributed by atoms with Crippen molar-refractivity contribution in [3.05, 3.63) is 0 Å². The lowest BCUT2D eigenvalue weighted by Crippen LogP contribution is -1.90. The SMILES string of the molecule is CC(C=NO)=NO.Cl. The first kappa shape index (κ1) is 10.3. The van der Waals surface area contributed by atoms with E-state index >= 15 is 0 Å². The standard InChI is InChI=1S/C3H6N2O2.ClH/c1-3(5-7)2-4-6;/h2,6-7H,1H3;1H. The molecule has 0 heterocycles. The van der Waals surface area contributed by atoms with E-state index in [-0.39, 0.29) is 18.1 Å². The Bertz CT molecular complexity index is 101. The second-order valence-electron chi connectivity index (χ2n) is 0.986. The molecular formula is C3H7ClN2O2. The second-order valence-corrected chi connectivity index (χ2v) is 0.986. The summed E-state index contributed by atoms with van der Waals surface area (Å²) in [6.45, 7) is 1.50. The monoisotopic (exact) mass is 138 g/mol. The van der Waals surface area contributed by atoms with E-state index in [9.17, 15) is 0 Å². The highest BCUT2D eigenvalue weighted by atomic mass is 35.5. The van der Waals surface area contributed by atoms with Gasteiger partial charge < -0.3 is 10.4 Å².